The smallest absolute Gasteiger partial charge is 0.237 e. The van der Waals surface area contributed by atoms with Crippen LogP contribution in [-0.2, 0) is 29.0 Å². The molecule has 0 aromatic heterocycles. The monoisotopic (exact) mass is 409 g/mol. The van der Waals surface area contributed by atoms with Crippen LogP contribution in [0.1, 0.15) is 50.3 Å². The van der Waals surface area contributed by atoms with Crippen LogP contribution in [0.4, 0.5) is 0 Å². The molecule has 5 nitrogen and oxygen atoms in total. The number of nitrogens with two attached hydrogens (primary N) is 1. The van der Waals surface area contributed by atoms with Crippen LogP contribution in [0, 0.1) is 0 Å². The van der Waals surface area contributed by atoms with Crippen molar-refractivity contribution in [3.05, 3.63) is 71.3 Å². The maximum absolute atomic E-state index is 12.8. The van der Waals surface area contributed by atoms with E-state index in [1.807, 2.05) is 56.3 Å². The van der Waals surface area contributed by atoms with E-state index in [1.54, 1.807) is 6.92 Å². The Kier molecular flexibility index (Phi) is 9.71. The fourth-order valence-corrected chi connectivity index (χ4v) is 3.37. The predicted octanol–water partition coefficient (Wildman–Crippen LogP) is 3.15. The summed E-state index contributed by atoms with van der Waals surface area (Å²) in [5.41, 5.74) is 8.99. The first-order valence-corrected chi connectivity index (χ1v) is 10.8. The van der Waals surface area contributed by atoms with Gasteiger partial charge in [-0.05, 0) is 42.9 Å². The van der Waals surface area contributed by atoms with Crippen LogP contribution in [0.3, 0.4) is 0 Å². The zero-order valence-electron chi connectivity index (χ0n) is 18.4. The maximum Gasteiger partial charge on any atom is 0.237 e. The third-order valence-electron chi connectivity index (χ3n) is 5.18. The van der Waals surface area contributed by atoms with Crippen LogP contribution in [0.15, 0.2) is 54.6 Å². The summed E-state index contributed by atoms with van der Waals surface area (Å²) in [6.45, 7) is 6.32. The van der Waals surface area contributed by atoms with Gasteiger partial charge in [-0.25, -0.2) is 0 Å². The molecule has 0 aliphatic rings. The molecule has 5 heteroatoms. The molecular formula is C25H35N3O2. The molecule has 2 aromatic carbocycles. The van der Waals surface area contributed by atoms with E-state index in [2.05, 4.69) is 22.8 Å². The van der Waals surface area contributed by atoms with E-state index in [0.29, 0.717) is 25.8 Å². The first-order chi connectivity index (χ1) is 14.4. The molecule has 0 fully saturated rings. The molecule has 2 atom stereocenters. The average Bonchev–Trinajstić information content (AvgIpc) is 2.75. The Bertz CT molecular complexity index is 788. The zero-order chi connectivity index (χ0) is 21.9. The maximum atomic E-state index is 12.8. The van der Waals surface area contributed by atoms with Crippen LogP contribution in [-0.4, -0.2) is 29.8 Å². The molecule has 2 rings (SSSR count). The number of rotatable bonds is 12. The van der Waals surface area contributed by atoms with Crippen LogP contribution in [0.2, 0.25) is 0 Å². The molecular weight excluding hydrogens is 374 g/mol. The Hall–Kier alpha value is -2.50. The molecule has 2 aromatic rings. The summed E-state index contributed by atoms with van der Waals surface area (Å²) >= 11 is 0. The highest BCUT2D eigenvalue weighted by Gasteiger charge is 2.23. The first kappa shape index (κ1) is 23.8. The molecule has 0 saturated heterocycles. The Morgan fingerprint density at radius 2 is 1.47 bits per heavy atom. The number of amides is 1. The van der Waals surface area contributed by atoms with Crippen molar-refractivity contribution in [2.75, 3.05) is 0 Å². The van der Waals surface area contributed by atoms with E-state index in [0.717, 1.165) is 17.5 Å². The third kappa shape index (κ3) is 8.09. The lowest BCUT2D eigenvalue weighted by atomic mass is 10.0. The van der Waals surface area contributed by atoms with E-state index in [4.69, 9.17) is 5.73 Å². The van der Waals surface area contributed by atoms with E-state index in [-0.39, 0.29) is 23.8 Å². The largest absolute Gasteiger partial charge is 0.345 e. The Balaban J connectivity index is 1.86. The Labute approximate surface area is 180 Å². The van der Waals surface area contributed by atoms with Crippen molar-refractivity contribution in [3.8, 4) is 0 Å². The van der Waals surface area contributed by atoms with Gasteiger partial charge in [0.05, 0.1) is 12.1 Å². The predicted molar refractivity (Wildman–Crippen MR) is 122 cm³/mol. The van der Waals surface area contributed by atoms with Crippen LogP contribution >= 0.6 is 0 Å². The number of hydrogen-bond acceptors (Lipinski definition) is 4. The molecule has 0 unspecified atom stereocenters. The molecule has 0 bridgehead atoms. The lowest BCUT2D eigenvalue weighted by Crippen LogP contribution is -2.51. The Morgan fingerprint density at radius 3 is 2.07 bits per heavy atom. The summed E-state index contributed by atoms with van der Waals surface area (Å²) in [7, 11) is 0. The fraction of sp³-hybridized carbons (Fsp3) is 0.440. The molecule has 1 amide bonds. The second kappa shape index (κ2) is 12.3. The lowest BCUT2D eigenvalue weighted by molar-refractivity contribution is -0.128. The number of Topliss-reactive ketones (excluding diaryl/α,β-unsaturated/α-hetero) is 1. The lowest BCUT2D eigenvalue weighted by Gasteiger charge is -2.23. The van der Waals surface area contributed by atoms with E-state index < -0.39 is 6.04 Å². The van der Waals surface area contributed by atoms with Gasteiger partial charge in [0.2, 0.25) is 5.91 Å². The van der Waals surface area contributed by atoms with Gasteiger partial charge in [-0.2, -0.15) is 0 Å². The minimum Gasteiger partial charge on any atom is -0.345 e. The van der Waals surface area contributed by atoms with Crippen molar-refractivity contribution >= 4 is 11.7 Å². The summed E-state index contributed by atoms with van der Waals surface area (Å²) in [6, 6.07) is 17.5. The SMILES string of the molecule is CC(C)N[C@H](CCc1ccccc1)C(=O)N[C@@H](C)C(=O)CCc1ccc(CN)cc1. The van der Waals surface area contributed by atoms with Crippen LogP contribution in [0.5, 0.6) is 0 Å². The quantitative estimate of drug-likeness (QED) is 0.503. The van der Waals surface area contributed by atoms with Gasteiger partial charge in [0.15, 0.2) is 5.78 Å². The van der Waals surface area contributed by atoms with Gasteiger partial charge < -0.3 is 16.4 Å². The van der Waals surface area contributed by atoms with Crippen molar-refractivity contribution in [2.24, 2.45) is 5.73 Å². The van der Waals surface area contributed by atoms with E-state index >= 15 is 0 Å². The van der Waals surface area contributed by atoms with E-state index in [1.165, 1.54) is 5.56 Å². The van der Waals surface area contributed by atoms with Gasteiger partial charge >= 0.3 is 0 Å². The number of aryl methyl sites for hydroxylation is 2. The van der Waals surface area contributed by atoms with Gasteiger partial charge in [-0.1, -0.05) is 68.4 Å². The molecule has 0 radical (unpaired) electrons. The van der Waals surface area contributed by atoms with Gasteiger partial charge in [-0.3, -0.25) is 9.59 Å². The van der Waals surface area contributed by atoms with Crippen LogP contribution in [0.25, 0.3) is 0 Å². The molecule has 0 aliphatic carbocycles. The fourth-order valence-electron chi connectivity index (χ4n) is 3.37. The number of hydrogen-bond donors (Lipinski definition) is 3. The highest BCUT2D eigenvalue weighted by Crippen LogP contribution is 2.09. The number of benzene rings is 2. The summed E-state index contributed by atoms with van der Waals surface area (Å²) in [5.74, 6) is -0.0783. The van der Waals surface area contributed by atoms with Crippen molar-refractivity contribution in [1.29, 1.82) is 0 Å². The van der Waals surface area contributed by atoms with Gasteiger partial charge in [0.25, 0.3) is 0 Å². The third-order valence-corrected chi connectivity index (χ3v) is 5.18. The van der Waals surface area contributed by atoms with Crippen molar-refractivity contribution in [3.63, 3.8) is 0 Å². The molecule has 162 valence electrons. The van der Waals surface area contributed by atoms with Crippen molar-refractivity contribution in [2.45, 2.75) is 71.1 Å². The minimum absolute atomic E-state index is 0.0395. The highest BCUT2D eigenvalue weighted by molar-refractivity contribution is 5.90. The molecule has 0 heterocycles. The molecule has 0 saturated carbocycles. The molecule has 30 heavy (non-hydrogen) atoms. The minimum atomic E-state index is -0.506. The van der Waals surface area contributed by atoms with Gasteiger partial charge in [0.1, 0.15) is 0 Å². The van der Waals surface area contributed by atoms with Gasteiger partial charge in [-0.15, -0.1) is 0 Å². The Morgan fingerprint density at radius 1 is 0.867 bits per heavy atom. The number of carbonyl (C=O) groups excluding carboxylic acids is 2. The first-order valence-electron chi connectivity index (χ1n) is 10.8. The second-order valence-corrected chi connectivity index (χ2v) is 8.12. The van der Waals surface area contributed by atoms with Crippen molar-refractivity contribution in [1.82, 2.24) is 10.6 Å². The summed E-state index contributed by atoms with van der Waals surface area (Å²) in [6.07, 6.45) is 2.55. The molecule has 0 spiro atoms. The van der Waals surface area contributed by atoms with E-state index in [9.17, 15) is 9.59 Å². The van der Waals surface area contributed by atoms with Crippen LogP contribution < -0.4 is 16.4 Å². The summed E-state index contributed by atoms with van der Waals surface area (Å²) in [4.78, 5) is 25.4. The normalized spacial score (nSPS) is 13.1. The molecule has 4 N–H and O–H groups in total. The highest BCUT2D eigenvalue weighted by atomic mass is 16.2. The summed E-state index contributed by atoms with van der Waals surface area (Å²) in [5, 5.41) is 6.24. The topological polar surface area (TPSA) is 84.2 Å². The standard InChI is InChI=1S/C25H35N3O2/c1-18(2)27-23(15-13-20-7-5-4-6-8-20)25(30)28-19(3)24(29)16-14-21-9-11-22(17-26)12-10-21/h4-12,18-19,23,27H,13-17,26H2,1-3H3,(H,28,30)/t19-,23+/m0/s1. The number of nitrogens with one attached hydrogen (secondary N) is 2. The number of ketones is 1. The zero-order valence-corrected chi connectivity index (χ0v) is 18.4. The number of carbonyl (C=O) groups is 2. The molecule has 0 aliphatic heterocycles. The van der Waals surface area contributed by atoms with Gasteiger partial charge in [0, 0.05) is 19.0 Å². The van der Waals surface area contributed by atoms with Crippen molar-refractivity contribution < 1.29 is 9.59 Å². The summed E-state index contributed by atoms with van der Waals surface area (Å²) < 4.78 is 0. The second-order valence-electron chi connectivity index (χ2n) is 8.12. The average molecular weight is 410 g/mol.